The predicted molar refractivity (Wildman–Crippen MR) is 66.5 cm³/mol. The molecule has 82 valence electrons. The third kappa shape index (κ3) is 1.46. The summed E-state index contributed by atoms with van der Waals surface area (Å²) in [7, 11) is 0. The molecule has 2 heteroatoms. The van der Waals surface area contributed by atoms with Crippen LogP contribution in [0.2, 0.25) is 0 Å². The standard InChI is InChI=1S/C14H15NO/c1-10-6-8-16-9-7-13-14(10)11-4-2-3-5-12(11)15-13/h2-6,15H,7-9H2,1H3/b10-6-. The lowest BCUT2D eigenvalue weighted by Gasteiger charge is -2.10. The molecule has 0 spiro atoms. The van der Waals surface area contributed by atoms with Crippen LogP contribution in [0.5, 0.6) is 0 Å². The van der Waals surface area contributed by atoms with Gasteiger partial charge in [-0.15, -0.1) is 0 Å². The van der Waals surface area contributed by atoms with E-state index in [0.29, 0.717) is 0 Å². The van der Waals surface area contributed by atoms with Crippen molar-refractivity contribution in [2.45, 2.75) is 13.3 Å². The molecule has 0 saturated heterocycles. The lowest BCUT2D eigenvalue weighted by atomic mass is 10.0. The number of H-pyrrole nitrogens is 1. The van der Waals surface area contributed by atoms with Gasteiger partial charge < -0.3 is 9.72 Å². The van der Waals surface area contributed by atoms with Gasteiger partial charge in [0.05, 0.1) is 13.2 Å². The van der Waals surface area contributed by atoms with Crippen LogP contribution in [0.3, 0.4) is 0 Å². The van der Waals surface area contributed by atoms with Crippen molar-refractivity contribution in [3.05, 3.63) is 41.6 Å². The van der Waals surface area contributed by atoms with Gasteiger partial charge in [0.1, 0.15) is 0 Å². The van der Waals surface area contributed by atoms with Crippen molar-refractivity contribution >= 4 is 16.5 Å². The van der Waals surface area contributed by atoms with Crippen molar-refractivity contribution in [2.75, 3.05) is 13.2 Å². The second-order valence-electron chi connectivity index (χ2n) is 4.24. The summed E-state index contributed by atoms with van der Waals surface area (Å²) < 4.78 is 5.50. The normalized spacial score (nSPS) is 19.7. The number of fused-ring (bicyclic) bond motifs is 3. The number of aromatic amines is 1. The van der Waals surface area contributed by atoms with Crippen LogP contribution in [-0.2, 0) is 11.2 Å². The van der Waals surface area contributed by atoms with Gasteiger partial charge in [0.25, 0.3) is 0 Å². The molecule has 0 bridgehead atoms. The maximum atomic E-state index is 5.50. The Morgan fingerprint density at radius 3 is 3.06 bits per heavy atom. The summed E-state index contributed by atoms with van der Waals surface area (Å²) in [5, 5.41) is 1.33. The molecule has 1 N–H and O–H groups in total. The zero-order valence-electron chi connectivity index (χ0n) is 9.42. The van der Waals surface area contributed by atoms with E-state index in [1.807, 2.05) is 0 Å². The zero-order chi connectivity index (χ0) is 11.0. The van der Waals surface area contributed by atoms with Crippen LogP contribution in [0, 0.1) is 0 Å². The third-order valence-electron chi connectivity index (χ3n) is 3.18. The van der Waals surface area contributed by atoms with Gasteiger partial charge in [0, 0.05) is 28.6 Å². The van der Waals surface area contributed by atoms with E-state index >= 15 is 0 Å². The molecule has 0 amide bonds. The van der Waals surface area contributed by atoms with E-state index in [4.69, 9.17) is 4.74 Å². The Hall–Kier alpha value is -1.54. The Bertz CT molecular complexity index is 551. The topological polar surface area (TPSA) is 25.0 Å². The van der Waals surface area contributed by atoms with Crippen LogP contribution in [0.4, 0.5) is 0 Å². The fourth-order valence-electron chi connectivity index (χ4n) is 2.38. The molecule has 1 aromatic carbocycles. The highest BCUT2D eigenvalue weighted by Gasteiger charge is 2.13. The molecule has 1 aliphatic rings. The largest absolute Gasteiger partial charge is 0.377 e. The maximum absolute atomic E-state index is 5.50. The number of benzene rings is 1. The van der Waals surface area contributed by atoms with Gasteiger partial charge in [-0.2, -0.15) is 0 Å². The summed E-state index contributed by atoms with van der Waals surface area (Å²) in [5.41, 5.74) is 5.21. The van der Waals surface area contributed by atoms with Gasteiger partial charge >= 0.3 is 0 Å². The van der Waals surface area contributed by atoms with Crippen LogP contribution in [0.25, 0.3) is 16.5 Å². The highest BCUT2D eigenvalue weighted by Crippen LogP contribution is 2.29. The Labute approximate surface area is 94.9 Å². The van der Waals surface area contributed by atoms with Crippen LogP contribution in [0.15, 0.2) is 30.3 Å². The second kappa shape index (κ2) is 3.80. The van der Waals surface area contributed by atoms with E-state index in [0.717, 1.165) is 19.6 Å². The summed E-state index contributed by atoms with van der Waals surface area (Å²) in [4.78, 5) is 3.49. The van der Waals surface area contributed by atoms with Crippen molar-refractivity contribution in [1.29, 1.82) is 0 Å². The highest BCUT2D eigenvalue weighted by atomic mass is 16.5. The van der Waals surface area contributed by atoms with Crippen molar-refractivity contribution in [2.24, 2.45) is 0 Å². The number of nitrogens with one attached hydrogen (secondary N) is 1. The first-order valence-corrected chi connectivity index (χ1v) is 5.71. The Kier molecular flexibility index (Phi) is 2.29. The van der Waals surface area contributed by atoms with Gasteiger partial charge in [0.2, 0.25) is 0 Å². The predicted octanol–water partition coefficient (Wildman–Crippen LogP) is 3.14. The average Bonchev–Trinajstić information content (AvgIpc) is 2.63. The summed E-state index contributed by atoms with van der Waals surface area (Å²) >= 11 is 0. The lowest BCUT2D eigenvalue weighted by molar-refractivity contribution is 0.164. The molecule has 0 aliphatic carbocycles. The number of hydrogen-bond acceptors (Lipinski definition) is 1. The quantitative estimate of drug-likeness (QED) is 0.714. The summed E-state index contributed by atoms with van der Waals surface area (Å²) in [6, 6.07) is 8.49. The van der Waals surface area contributed by atoms with Crippen molar-refractivity contribution in [3.8, 4) is 0 Å². The van der Waals surface area contributed by atoms with E-state index in [2.05, 4.69) is 42.2 Å². The minimum absolute atomic E-state index is 0.727. The fraction of sp³-hybridized carbons (Fsp3) is 0.286. The van der Waals surface area contributed by atoms with Gasteiger partial charge in [-0.1, -0.05) is 24.3 Å². The first-order chi connectivity index (χ1) is 7.86. The third-order valence-corrected chi connectivity index (χ3v) is 3.18. The van der Waals surface area contributed by atoms with Crippen molar-refractivity contribution in [3.63, 3.8) is 0 Å². The Morgan fingerprint density at radius 2 is 2.12 bits per heavy atom. The zero-order valence-corrected chi connectivity index (χ0v) is 9.42. The van der Waals surface area contributed by atoms with Crippen molar-refractivity contribution < 1.29 is 4.74 Å². The monoisotopic (exact) mass is 213 g/mol. The second-order valence-corrected chi connectivity index (χ2v) is 4.24. The van der Waals surface area contributed by atoms with E-state index in [-0.39, 0.29) is 0 Å². The number of rotatable bonds is 0. The molecule has 2 heterocycles. The van der Waals surface area contributed by atoms with Crippen LogP contribution in [0.1, 0.15) is 18.2 Å². The molecule has 1 aromatic heterocycles. The maximum Gasteiger partial charge on any atom is 0.0653 e. The minimum Gasteiger partial charge on any atom is -0.377 e. The number of hydrogen-bond donors (Lipinski definition) is 1. The molecule has 0 radical (unpaired) electrons. The molecule has 16 heavy (non-hydrogen) atoms. The van der Waals surface area contributed by atoms with Gasteiger partial charge in [-0.25, -0.2) is 0 Å². The van der Waals surface area contributed by atoms with Crippen LogP contribution < -0.4 is 0 Å². The molecule has 1 aliphatic heterocycles. The van der Waals surface area contributed by atoms with Crippen molar-refractivity contribution in [1.82, 2.24) is 4.98 Å². The molecular formula is C14H15NO. The number of allylic oxidation sites excluding steroid dienone is 1. The molecular weight excluding hydrogens is 198 g/mol. The molecule has 2 nitrogen and oxygen atoms in total. The van der Waals surface area contributed by atoms with E-state index in [1.54, 1.807) is 0 Å². The Morgan fingerprint density at radius 1 is 1.25 bits per heavy atom. The number of ether oxygens (including phenoxy) is 1. The summed E-state index contributed by atoms with van der Waals surface area (Å²) in [6.07, 6.45) is 3.13. The SMILES string of the molecule is C/C1=C/COCCc2[nH]c3ccccc3c21. The number of aromatic nitrogens is 1. The molecule has 2 aromatic rings. The van der Waals surface area contributed by atoms with Crippen LogP contribution in [-0.4, -0.2) is 18.2 Å². The van der Waals surface area contributed by atoms with Gasteiger partial charge in [-0.05, 0) is 18.6 Å². The highest BCUT2D eigenvalue weighted by molar-refractivity contribution is 5.93. The summed E-state index contributed by atoms with van der Waals surface area (Å²) in [5.74, 6) is 0. The van der Waals surface area contributed by atoms with E-state index in [1.165, 1.54) is 27.7 Å². The van der Waals surface area contributed by atoms with Gasteiger partial charge in [0.15, 0.2) is 0 Å². The Balaban J connectivity index is 2.29. The average molecular weight is 213 g/mol. The molecule has 0 unspecified atom stereocenters. The minimum atomic E-state index is 0.727. The fourth-order valence-corrected chi connectivity index (χ4v) is 2.38. The first kappa shape index (κ1) is 9.67. The smallest absolute Gasteiger partial charge is 0.0653 e. The number of para-hydroxylation sites is 1. The molecule has 0 saturated carbocycles. The summed E-state index contributed by atoms with van der Waals surface area (Å²) in [6.45, 7) is 3.68. The first-order valence-electron chi connectivity index (χ1n) is 5.71. The lowest BCUT2D eigenvalue weighted by Crippen LogP contribution is -2.04. The molecule has 3 rings (SSSR count). The van der Waals surface area contributed by atoms with E-state index < -0.39 is 0 Å². The molecule has 0 fully saturated rings. The van der Waals surface area contributed by atoms with E-state index in [9.17, 15) is 0 Å². The molecule has 0 atom stereocenters. The van der Waals surface area contributed by atoms with Crippen LogP contribution >= 0.6 is 0 Å². The van der Waals surface area contributed by atoms with Gasteiger partial charge in [-0.3, -0.25) is 0 Å².